The van der Waals surface area contributed by atoms with Crippen LogP contribution in [0.4, 0.5) is 5.82 Å². The number of nitrogen functional groups attached to an aromatic ring is 1. The number of rotatable bonds is 4. The molecule has 18 heavy (non-hydrogen) atoms. The van der Waals surface area contributed by atoms with Crippen molar-refractivity contribution in [2.45, 2.75) is 13.0 Å². The van der Waals surface area contributed by atoms with Gasteiger partial charge in [0.2, 0.25) is 5.91 Å². The van der Waals surface area contributed by atoms with Crippen LogP contribution in [0, 0.1) is 0 Å². The third-order valence-electron chi connectivity index (χ3n) is 2.65. The lowest BCUT2D eigenvalue weighted by atomic mass is 10.2. The van der Waals surface area contributed by atoms with Gasteiger partial charge in [-0.25, -0.2) is 9.97 Å². The molecule has 6 nitrogen and oxygen atoms in total. The molecule has 0 bridgehead atoms. The van der Waals surface area contributed by atoms with E-state index in [0.717, 1.165) is 11.3 Å². The first-order valence-corrected chi connectivity index (χ1v) is 5.63. The molecule has 6 heteroatoms. The van der Waals surface area contributed by atoms with Crippen LogP contribution in [0.3, 0.4) is 0 Å². The van der Waals surface area contributed by atoms with Gasteiger partial charge in [-0.1, -0.05) is 0 Å². The largest absolute Gasteiger partial charge is 0.384 e. The molecule has 0 aromatic carbocycles. The Kier molecular flexibility index (Phi) is 3.57. The summed E-state index contributed by atoms with van der Waals surface area (Å²) in [5.41, 5.74) is 7.40. The van der Waals surface area contributed by atoms with E-state index < -0.39 is 0 Å². The maximum atomic E-state index is 11.2. The summed E-state index contributed by atoms with van der Waals surface area (Å²) in [6.07, 6.45) is 5.57. The van der Waals surface area contributed by atoms with E-state index >= 15 is 0 Å². The van der Waals surface area contributed by atoms with Gasteiger partial charge in [0.15, 0.2) is 0 Å². The number of nitrogens with zero attached hydrogens (tertiary/aromatic N) is 3. The highest BCUT2D eigenvalue weighted by Crippen LogP contribution is 2.18. The Morgan fingerprint density at radius 3 is 2.94 bits per heavy atom. The summed E-state index contributed by atoms with van der Waals surface area (Å²) in [5.74, 6) is 0.486. The van der Waals surface area contributed by atoms with E-state index in [1.54, 1.807) is 31.8 Å². The Balaban J connectivity index is 2.17. The molecule has 1 amide bonds. The second kappa shape index (κ2) is 5.31. The minimum Gasteiger partial charge on any atom is -0.384 e. The summed E-state index contributed by atoms with van der Waals surface area (Å²) in [7, 11) is 1.63. The van der Waals surface area contributed by atoms with Gasteiger partial charge < -0.3 is 15.6 Å². The van der Waals surface area contributed by atoms with Crippen LogP contribution < -0.4 is 11.1 Å². The number of imidazole rings is 1. The van der Waals surface area contributed by atoms with Gasteiger partial charge in [-0.15, -0.1) is 0 Å². The SMILES string of the molecule is CNC(=O)CCn1cncc1-c1ccc(N)nc1. The number of aromatic nitrogens is 3. The first-order valence-electron chi connectivity index (χ1n) is 5.63. The summed E-state index contributed by atoms with van der Waals surface area (Å²) in [6.45, 7) is 0.583. The fourth-order valence-electron chi connectivity index (χ4n) is 1.64. The topological polar surface area (TPSA) is 85.8 Å². The van der Waals surface area contributed by atoms with Gasteiger partial charge in [0.25, 0.3) is 0 Å². The lowest BCUT2D eigenvalue weighted by Gasteiger charge is -2.07. The molecule has 0 atom stereocenters. The molecule has 2 aromatic rings. The van der Waals surface area contributed by atoms with Gasteiger partial charge in [0.05, 0.1) is 18.2 Å². The molecule has 0 saturated heterocycles. The van der Waals surface area contributed by atoms with Gasteiger partial charge in [0, 0.05) is 31.8 Å². The highest BCUT2D eigenvalue weighted by Gasteiger charge is 2.07. The lowest BCUT2D eigenvalue weighted by molar-refractivity contribution is -0.120. The Bertz CT molecular complexity index is 532. The smallest absolute Gasteiger partial charge is 0.221 e. The molecule has 0 unspecified atom stereocenters. The molecule has 0 aliphatic heterocycles. The van der Waals surface area contributed by atoms with E-state index in [4.69, 9.17) is 5.73 Å². The van der Waals surface area contributed by atoms with E-state index in [1.165, 1.54) is 0 Å². The van der Waals surface area contributed by atoms with Crippen LogP contribution in [0.15, 0.2) is 30.9 Å². The average Bonchev–Trinajstić information content (AvgIpc) is 2.85. The minimum atomic E-state index is 0.00470. The summed E-state index contributed by atoms with van der Waals surface area (Å²) in [4.78, 5) is 19.4. The van der Waals surface area contributed by atoms with E-state index in [-0.39, 0.29) is 5.91 Å². The van der Waals surface area contributed by atoms with Crippen molar-refractivity contribution >= 4 is 11.7 Å². The molecule has 0 saturated carbocycles. The molecule has 3 N–H and O–H groups in total. The number of hydrogen-bond donors (Lipinski definition) is 2. The number of aryl methyl sites for hydroxylation is 1. The molecule has 94 valence electrons. The number of nitrogens with two attached hydrogens (primary N) is 1. The number of pyridine rings is 1. The first kappa shape index (κ1) is 12.1. The fraction of sp³-hybridized carbons (Fsp3) is 0.250. The van der Waals surface area contributed by atoms with Gasteiger partial charge >= 0.3 is 0 Å². The molecule has 2 aromatic heterocycles. The molecular formula is C12H15N5O. The minimum absolute atomic E-state index is 0.00470. The van der Waals surface area contributed by atoms with Gasteiger partial charge in [-0.2, -0.15) is 0 Å². The number of anilines is 1. The monoisotopic (exact) mass is 245 g/mol. The Morgan fingerprint density at radius 2 is 2.28 bits per heavy atom. The molecule has 2 rings (SSSR count). The first-order chi connectivity index (χ1) is 8.70. The van der Waals surface area contributed by atoms with Crippen molar-refractivity contribution in [3.8, 4) is 11.3 Å². The van der Waals surface area contributed by atoms with Crippen LogP contribution >= 0.6 is 0 Å². The molecule has 0 fully saturated rings. The van der Waals surface area contributed by atoms with E-state index in [0.29, 0.717) is 18.8 Å². The second-order valence-electron chi connectivity index (χ2n) is 3.87. The highest BCUT2D eigenvalue weighted by atomic mass is 16.1. The fourth-order valence-corrected chi connectivity index (χ4v) is 1.64. The van der Waals surface area contributed by atoms with Crippen LogP contribution in [-0.2, 0) is 11.3 Å². The molecule has 0 radical (unpaired) electrons. The van der Waals surface area contributed by atoms with Crippen LogP contribution in [-0.4, -0.2) is 27.5 Å². The van der Waals surface area contributed by atoms with Crippen LogP contribution in [0.2, 0.25) is 0 Å². The molecule has 0 aliphatic rings. The number of carbonyl (C=O) groups is 1. The summed E-state index contributed by atoms with van der Waals surface area (Å²) in [6, 6.07) is 3.63. The number of carbonyl (C=O) groups excluding carboxylic acids is 1. The third kappa shape index (κ3) is 2.65. The predicted molar refractivity (Wildman–Crippen MR) is 68.6 cm³/mol. The van der Waals surface area contributed by atoms with Crippen molar-refractivity contribution in [2.75, 3.05) is 12.8 Å². The second-order valence-corrected chi connectivity index (χ2v) is 3.87. The summed E-state index contributed by atoms with van der Waals surface area (Å²) >= 11 is 0. The van der Waals surface area contributed by atoms with Gasteiger partial charge in [-0.3, -0.25) is 4.79 Å². The van der Waals surface area contributed by atoms with Crippen LogP contribution in [0.5, 0.6) is 0 Å². The normalized spacial score (nSPS) is 10.3. The highest BCUT2D eigenvalue weighted by molar-refractivity contribution is 5.75. The average molecular weight is 245 g/mol. The maximum Gasteiger partial charge on any atom is 0.221 e. The summed E-state index contributed by atoms with van der Waals surface area (Å²) in [5, 5.41) is 2.59. The van der Waals surface area contributed by atoms with E-state index in [2.05, 4.69) is 15.3 Å². The van der Waals surface area contributed by atoms with Crippen molar-refractivity contribution in [3.63, 3.8) is 0 Å². The van der Waals surface area contributed by atoms with Crippen LogP contribution in [0.25, 0.3) is 11.3 Å². The van der Waals surface area contributed by atoms with Crippen molar-refractivity contribution in [3.05, 3.63) is 30.9 Å². The van der Waals surface area contributed by atoms with Crippen molar-refractivity contribution in [1.29, 1.82) is 0 Å². The van der Waals surface area contributed by atoms with E-state index in [9.17, 15) is 4.79 Å². The number of amides is 1. The Morgan fingerprint density at radius 1 is 1.44 bits per heavy atom. The molecular weight excluding hydrogens is 230 g/mol. The van der Waals surface area contributed by atoms with Crippen LogP contribution in [0.1, 0.15) is 6.42 Å². The number of hydrogen-bond acceptors (Lipinski definition) is 4. The predicted octanol–water partition coefficient (Wildman–Crippen LogP) is 0.663. The zero-order valence-electron chi connectivity index (χ0n) is 10.1. The standard InChI is InChI=1S/C12H15N5O/c1-14-12(18)4-5-17-8-15-7-10(17)9-2-3-11(13)16-6-9/h2-3,6-8H,4-5H2,1H3,(H2,13,16)(H,14,18). The molecule has 0 aliphatic carbocycles. The van der Waals surface area contributed by atoms with Gasteiger partial charge in [0.1, 0.15) is 5.82 Å². The van der Waals surface area contributed by atoms with Crippen molar-refractivity contribution < 1.29 is 4.79 Å². The Hall–Kier alpha value is -2.37. The van der Waals surface area contributed by atoms with Gasteiger partial charge in [-0.05, 0) is 12.1 Å². The van der Waals surface area contributed by atoms with Crippen molar-refractivity contribution in [2.24, 2.45) is 0 Å². The quantitative estimate of drug-likeness (QED) is 0.828. The zero-order valence-corrected chi connectivity index (χ0v) is 10.1. The Labute approximate surface area is 105 Å². The molecule has 0 spiro atoms. The maximum absolute atomic E-state index is 11.2. The molecule has 2 heterocycles. The van der Waals surface area contributed by atoms with Crippen molar-refractivity contribution in [1.82, 2.24) is 19.9 Å². The lowest BCUT2D eigenvalue weighted by Crippen LogP contribution is -2.19. The summed E-state index contributed by atoms with van der Waals surface area (Å²) < 4.78 is 1.92. The third-order valence-corrected chi connectivity index (χ3v) is 2.65. The number of nitrogens with one attached hydrogen (secondary N) is 1. The zero-order chi connectivity index (χ0) is 13.0. The van der Waals surface area contributed by atoms with E-state index in [1.807, 2.05) is 10.6 Å².